The Morgan fingerprint density at radius 1 is 1.83 bits per heavy atom. The van der Waals surface area contributed by atoms with Crippen LogP contribution in [0.15, 0.2) is 11.4 Å². The van der Waals surface area contributed by atoms with Gasteiger partial charge in [-0.15, -0.1) is 11.3 Å². The van der Waals surface area contributed by atoms with Gasteiger partial charge in [-0.1, -0.05) is 0 Å². The van der Waals surface area contributed by atoms with Gasteiger partial charge in [0.05, 0.1) is 0 Å². The highest BCUT2D eigenvalue weighted by molar-refractivity contribution is 7.10. The van der Waals surface area contributed by atoms with E-state index in [0.717, 1.165) is 0 Å². The minimum Gasteiger partial charge on any atom is -0.480 e. The molecule has 0 saturated heterocycles. The highest BCUT2D eigenvalue weighted by atomic mass is 32.1. The van der Waals surface area contributed by atoms with Gasteiger partial charge in [-0.05, 0) is 17.0 Å². The Hall–Kier alpha value is -1.38. The van der Waals surface area contributed by atoms with E-state index < -0.39 is 12.0 Å². The van der Waals surface area contributed by atoms with Crippen molar-refractivity contribution in [1.29, 1.82) is 5.26 Å². The average Bonchev–Trinajstić information content (AvgIpc) is 2.50. The molecule has 0 fully saturated rings. The molecule has 5 heteroatoms. The lowest BCUT2D eigenvalue weighted by Crippen LogP contribution is -2.19. The highest BCUT2D eigenvalue weighted by Crippen LogP contribution is 2.18. The van der Waals surface area contributed by atoms with Gasteiger partial charge in [-0.2, -0.15) is 5.26 Å². The predicted molar refractivity (Wildman–Crippen MR) is 43.6 cm³/mol. The van der Waals surface area contributed by atoms with E-state index in [4.69, 9.17) is 16.1 Å². The van der Waals surface area contributed by atoms with Crippen molar-refractivity contribution in [3.8, 4) is 6.07 Å². The third-order valence-electron chi connectivity index (χ3n) is 1.36. The first kappa shape index (κ1) is 8.71. The molecule has 0 amide bonds. The Labute approximate surface area is 72.9 Å². The number of carboxylic acid groups (broad SMARTS) is 1. The normalized spacial score (nSPS) is 12.0. The standard InChI is InChI=1S/C7H6N2O2S/c8-2-5-1-4(3-12-5)6(9)7(10)11/h1,3,6H,9H2,(H,10,11). The molecule has 12 heavy (non-hydrogen) atoms. The maximum Gasteiger partial charge on any atom is 0.325 e. The zero-order chi connectivity index (χ0) is 9.14. The van der Waals surface area contributed by atoms with Crippen LogP contribution >= 0.6 is 11.3 Å². The topological polar surface area (TPSA) is 87.1 Å². The Balaban J connectivity index is 2.90. The van der Waals surface area contributed by atoms with Crippen LogP contribution in [0, 0.1) is 11.3 Å². The number of hydrogen-bond acceptors (Lipinski definition) is 4. The molecule has 0 radical (unpaired) electrons. The Kier molecular flexibility index (Phi) is 2.43. The first-order chi connectivity index (χ1) is 5.65. The maximum absolute atomic E-state index is 10.4. The van der Waals surface area contributed by atoms with Crippen molar-refractivity contribution in [1.82, 2.24) is 0 Å². The molecule has 1 heterocycles. The second kappa shape index (κ2) is 3.34. The van der Waals surface area contributed by atoms with Crippen LogP contribution in [0.5, 0.6) is 0 Å². The fraction of sp³-hybridized carbons (Fsp3) is 0.143. The summed E-state index contributed by atoms with van der Waals surface area (Å²) in [5.41, 5.74) is 5.78. The van der Waals surface area contributed by atoms with Gasteiger partial charge in [-0.25, -0.2) is 0 Å². The molecule has 1 unspecified atom stereocenters. The molecule has 0 spiro atoms. The molecule has 4 nitrogen and oxygen atoms in total. The van der Waals surface area contributed by atoms with Crippen molar-refractivity contribution in [2.45, 2.75) is 6.04 Å². The van der Waals surface area contributed by atoms with Crippen LogP contribution in [-0.4, -0.2) is 11.1 Å². The Morgan fingerprint density at radius 2 is 2.50 bits per heavy atom. The SMILES string of the molecule is N#Cc1cc(C(N)C(=O)O)cs1. The molecule has 0 aromatic carbocycles. The molecular formula is C7H6N2O2S. The van der Waals surface area contributed by atoms with Crippen LogP contribution in [0.3, 0.4) is 0 Å². The van der Waals surface area contributed by atoms with E-state index in [1.807, 2.05) is 6.07 Å². The minimum atomic E-state index is -1.09. The van der Waals surface area contributed by atoms with E-state index in [1.165, 1.54) is 17.4 Å². The molecule has 1 aromatic heterocycles. The monoisotopic (exact) mass is 182 g/mol. The van der Waals surface area contributed by atoms with Crippen LogP contribution in [0.4, 0.5) is 0 Å². The van der Waals surface area contributed by atoms with E-state index in [1.54, 1.807) is 5.38 Å². The predicted octanol–water partition coefficient (Wildman–Crippen LogP) is 0.704. The molecule has 0 aliphatic heterocycles. The first-order valence-electron chi connectivity index (χ1n) is 3.12. The molecule has 1 rings (SSSR count). The van der Waals surface area contributed by atoms with Crippen LogP contribution < -0.4 is 5.73 Å². The summed E-state index contributed by atoms with van der Waals surface area (Å²) in [5.74, 6) is -1.09. The van der Waals surface area contributed by atoms with Crippen LogP contribution in [0.1, 0.15) is 16.5 Å². The summed E-state index contributed by atoms with van der Waals surface area (Å²) in [6.45, 7) is 0. The van der Waals surface area contributed by atoms with Gasteiger partial charge in [-0.3, -0.25) is 4.79 Å². The van der Waals surface area contributed by atoms with Crippen molar-refractivity contribution in [2.75, 3.05) is 0 Å². The van der Waals surface area contributed by atoms with Crippen LogP contribution in [-0.2, 0) is 4.79 Å². The number of carbonyl (C=O) groups is 1. The minimum absolute atomic E-state index is 0.474. The number of hydrogen-bond donors (Lipinski definition) is 2. The Morgan fingerprint density at radius 3 is 2.92 bits per heavy atom. The van der Waals surface area contributed by atoms with Crippen molar-refractivity contribution in [2.24, 2.45) is 5.73 Å². The number of nitrogens with zero attached hydrogens (tertiary/aromatic N) is 1. The number of rotatable bonds is 2. The largest absolute Gasteiger partial charge is 0.480 e. The highest BCUT2D eigenvalue weighted by Gasteiger charge is 2.15. The summed E-state index contributed by atoms with van der Waals surface area (Å²) in [4.78, 5) is 10.9. The van der Waals surface area contributed by atoms with E-state index in [-0.39, 0.29) is 0 Å². The summed E-state index contributed by atoms with van der Waals surface area (Å²) in [6, 6.07) is 2.38. The van der Waals surface area contributed by atoms with E-state index in [0.29, 0.717) is 10.4 Å². The van der Waals surface area contributed by atoms with Crippen molar-refractivity contribution in [3.63, 3.8) is 0 Å². The lowest BCUT2D eigenvalue weighted by atomic mass is 10.1. The second-order valence-corrected chi connectivity index (χ2v) is 3.08. The summed E-state index contributed by atoms with van der Waals surface area (Å²) >= 11 is 1.19. The summed E-state index contributed by atoms with van der Waals surface area (Å²) in [6.07, 6.45) is 0. The summed E-state index contributed by atoms with van der Waals surface area (Å²) < 4.78 is 0. The van der Waals surface area contributed by atoms with Gasteiger partial charge < -0.3 is 10.8 Å². The zero-order valence-corrected chi connectivity index (χ0v) is 6.84. The van der Waals surface area contributed by atoms with Crippen molar-refractivity contribution in [3.05, 3.63) is 21.9 Å². The number of carboxylic acids is 1. The Bertz CT molecular complexity index is 339. The van der Waals surface area contributed by atoms with Crippen molar-refractivity contribution < 1.29 is 9.90 Å². The lowest BCUT2D eigenvalue weighted by molar-refractivity contribution is -0.138. The quantitative estimate of drug-likeness (QED) is 0.704. The van der Waals surface area contributed by atoms with E-state index in [9.17, 15) is 4.79 Å². The molecule has 1 aromatic rings. The van der Waals surface area contributed by atoms with Gasteiger partial charge >= 0.3 is 5.97 Å². The third kappa shape index (κ3) is 1.61. The fourth-order valence-electron chi connectivity index (χ4n) is 0.715. The molecule has 1 atom stereocenters. The summed E-state index contributed by atoms with van der Waals surface area (Å²) in [7, 11) is 0. The van der Waals surface area contributed by atoms with Gasteiger partial charge in [0.15, 0.2) is 0 Å². The smallest absolute Gasteiger partial charge is 0.325 e. The van der Waals surface area contributed by atoms with E-state index in [2.05, 4.69) is 0 Å². The molecule has 0 bridgehead atoms. The maximum atomic E-state index is 10.4. The van der Waals surface area contributed by atoms with Gasteiger partial charge in [0.25, 0.3) is 0 Å². The van der Waals surface area contributed by atoms with Gasteiger partial charge in [0.1, 0.15) is 17.0 Å². The second-order valence-electron chi connectivity index (χ2n) is 2.17. The van der Waals surface area contributed by atoms with Gasteiger partial charge in [0, 0.05) is 0 Å². The molecule has 0 saturated carbocycles. The number of aliphatic carboxylic acids is 1. The molecule has 3 N–H and O–H groups in total. The third-order valence-corrected chi connectivity index (χ3v) is 2.21. The average molecular weight is 182 g/mol. The molecular weight excluding hydrogens is 176 g/mol. The first-order valence-corrected chi connectivity index (χ1v) is 4.00. The number of nitriles is 1. The van der Waals surface area contributed by atoms with E-state index >= 15 is 0 Å². The molecule has 0 aliphatic carbocycles. The fourth-order valence-corrected chi connectivity index (χ4v) is 1.45. The molecule has 0 aliphatic rings. The zero-order valence-electron chi connectivity index (χ0n) is 6.02. The van der Waals surface area contributed by atoms with Crippen LogP contribution in [0.2, 0.25) is 0 Å². The molecule has 62 valence electrons. The lowest BCUT2D eigenvalue weighted by Gasteiger charge is -2.00. The van der Waals surface area contributed by atoms with Crippen molar-refractivity contribution >= 4 is 17.3 Å². The number of thiophene rings is 1. The van der Waals surface area contributed by atoms with Crippen LogP contribution in [0.25, 0.3) is 0 Å². The van der Waals surface area contributed by atoms with Gasteiger partial charge in [0.2, 0.25) is 0 Å². The summed E-state index contributed by atoms with van der Waals surface area (Å²) in [5, 5.41) is 18.5. The number of nitrogens with two attached hydrogens (primary N) is 1.